The summed E-state index contributed by atoms with van der Waals surface area (Å²) in [5, 5.41) is 12.4. The van der Waals surface area contributed by atoms with Crippen molar-refractivity contribution in [3.8, 4) is 0 Å². The molecule has 78 valence electrons. The van der Waals surface area contributed by atoms with Crippen LogP contribution >= 0.6 is 11.5 Å². The number of rotatable bonds is 5. The van der Waals surface area contributed by atoms with Gasteiger partial charge in [-0.15, -0.1) is 0 Å². The molecule has 1 atom stereocenters. The van der Waals surface area contributed by atoms with E-state index in [1.165, 1.54) is 11.5 Å². The summed E-state index contributed by atoms with van der Waals surface area (Å²) in [5.74, 6) is -0.0896. The Kier molecular flexibility index (Phi) is 3.82. The van der Waals surface area contributed by atoms with Crippen LogP contribution in [0.25, 0.3) is 0 Å². The van der Waals surface area contributed by atoms with Crippen molar-refractivity contribution in [3.05, 3.63) is 5.82 Å². The van der Waals surface area contributed by atoms with Gasteiger partial charge < -0.3 is 10.4 Å². The second-order valence-corrected chi connectivity index (χ2v) is 3.75. The van der Waals surface area contributed by atoms with Gasteiger partial charge in [0.2, 0.25) is 5.13 Å². The van der Waals surface area contributed by atoms with Crippen LogP contribution < -0.4 is 5.32 Å². The Morgan fingerprint density at radius 1 is 1.71 bits per heavy atom. The molecular formula is C8H13N3O2S. The fraction of sp³-hybridized carbons (Fsp3) is 0.625. The molecule has 0 fully saturated rings. The van der Waals surface area contributed by atoms with E-state index in [0.29, 0.717) is 11.0 Å². The molecule has 2 N–H and O–H groups in total. The zero-order chi connectivity index (χ0) is 10.6. The number of hydrogen-bond acceptors (Lipinski definition) is 5. The van der Waals surface area contributed by atoms with Gasteiger partial charge in [0, 0.05) is 17.6 Å². The summed E-state index contributed by atoms with van der Waals surface area (Å²) in [4.78, 5) is 14.6. The Morgan fingerprint density at radius 2 is 2.43 bits per heavy atom. The smallest absolute Gasteiger partial charge is 0.305 e. The molecule has 1 heterocycles. The van der Waals surface area contributed by atoms with E-state index in [4.69, 9.17) is 5.11 Å². The van der Waals surface area contributed by atoms with Crippen LogP contribution in [0, 0.1) is 6.92 Å². The summed E-state index contributed by atoms with van der Waals surface area (Å²) >= 11 is 1.26. The maximum Gasteiger partial charge on any atom is 0.305 e. The Hall–Kier alpha value is -1.17. The molecule has 0 aliphatic carbocycles. The Labute approximate surface area is 86.3 Å². The fourth-order valence-corrected chi connectivity index (χ4v) is 1.69. The van der Waals surface area contributed by atoms with Crippen molar-refractivity contribution in [2.45, 2.75) is 32.7 Å². The second kappa shape index (κ2) is 4.90. The third kappa shape index (κ3) is 3.29. The molecule has 6 heteroatoms. The lowest BCUT2D eigenvalue weighted by molar-refractivity contribution is -0.137. The average molecular weight is 215 g/mol. The molecule has 14 heavy (non-hydrogen) atoms. The van der Waals surface area contributed by atoms with Crippen LogP contribution in [0.1, 0.15) is 25.6 Å². The zero-order valence-corrected chi connectivity index (χ0v) is 8.97. The van der Waals surface area contributed by atoms with Gasteiger partial charge in [-0.1, -0.05) is 6.92 Å². The highest BCUT2D eigenvalue weighted by Gasteiger charge is 2.12. The maximum absolute atomic E-state index is 10.5. The van der Waals surface area contributed by atoms with Gasteiger partial charge in [-0.2, -0.15) is 4.37 Å². The van der Waals surface area contributed by atoms with Crippen molar-refractivity contribution in [2.24, 2.45) is 0 Å². The Morgan fingerprint density at radius 3 is 2.86 bits per heavy atom. The van der Waals surface area contributed by atoms with E-state index in [1.54, 1.807) is 6.92 Å². The molecule has 0 amide bonds. The molecule has 0 saturated heterocycles. The van der Waals surface area contributed by atoms with Crippen LogP contribution in [0.4, 0.5) is 5.13 Å². The standard InChI is InChI=1S/C8H13N3O2S/c1-3-6(4-7(12)13)10-8-9-5(2)11-14-8/h6H,3-4H2,1-2H3,(H,12,13)(H,9,10,11). The molecule has 1 unspecified atom stereocenters. The molecule has 1 aromatic rings. The van der Waals surface area contributed by atoms with E-state index in [0.717, 1.165) is 6.42 Å². The number of aliphatic carboxylic acids is 1. The summed E-state index contributed by atoms with van der Waals surface area (Å²) < 4.78 is 4.00. The van der Waals surface area contributed by atoms with E-state index in [1.807, 2.05) is 6.92 Å². The van der Waals surface area contributed by atoms with E-state index >= 15 is 0 Å². The number of carbonyl (C=O) groups is 1. The Balaban J connectivity index is 2.52. The van der Waals surface area contributed by atoms with E-state index < -0.39 is 5.97 Å². The van der Waals surface area contributed by atoms with Gasteiger partial charge in [0.05, 0.1) is 6.42 Å². The highest BCUT2D eigenvalue weighted by Crippen LogP contribution is 2.14. The van der Waals surface area contributed by atoms with E-state index in [-0.39, 0.29) is 12.5 Å². The van der Waals surface area contributed by atoms with Crippen LogP contribution in [-0.4, -0.2) is 26.5 Å². The van der Waals surface area contributed by atoms with Crippen molar-refractivity contribution in [3.63, 3.8) is 0 Å². The average Bonchev–Trinajstić information content (AvgIpc) is 2.49. The lowest BCUT2D eigenvalue weighted by Crippen LogP contribution is -2.22. The van der Waals surface area contributed by atoms with Crippen LogP contribution in [0.2, 0.25) is 0 Å². The number of anilines is 1. The lowest BCUT2D eigenvalue weighted by Gasteiger charge is -2.12. The Bertz CT molecular complexity index is 313. The minimum absolute atomic E-state index is 0.0696. The quantitative estimate of drug-likeness (QED) is 0.778. The fourth-order valence-electron chi connectivity index (χ4n) is 1.04. The number of hydrogen-bond donors (Lipinski definition) is 2. The normalized spacial score (nSPS) is 12.4. The number of carboxylic acids is 1. The summed E-state index contributed by atoms with van der Waals surface area (Å²) in [6, 6.07) is -0.0696. The summed E-state index contributed by atoms with van der Waals surface area (Å²) in [7, 11) is 0. The highest BCUT2D eigenvalue weighted by atomic mass is 32.1. The first kappa shape index (κ1) is 10.9. The third-order valence-electron chi connectivity index (χ3n) is 1.77. The van der Waals surface area contributed by atoms with Gasteiger partial charge in [-0.3, -0.25) is 4.79 Å². The van der Waals surface area contributed by atoms with E-state index in [2.05, 4.69) is 14.7 Å². The molecular weight excluding hydrogens is 202 g/mol. The van der Waals surface area contributed by atoms with Crippen molar-refractivity contribution in [1.29, 1.82) is 0 Å². The van der Waals surface area contributed by atoms with Crippen molar-refractivity contribution in [1.82, 2.24) is 9.36 Å². The highest BCUT2D eigenvalue weighted by molar-refractivity contribution is 7.09. The minimum atomic E-state index is -0.800. The van der Waals surface area contributed by atoms with Gasteiger partial charge in [0.25, 0.3) is 0 Å². The van der Waals surface area contributed by atoms with Crippen LogP contribution in [-0.2, 0) is 4.79 Å². The summed E-state index contributed by atoms with van der Waals surface area (Å²) in [6.07, 6.45) is 0.861. The SMILES string of the molecule is CCC(CC(=O)O)Nc1nc(C)ns1. The topological polar surface area (TPSA) is 75.1 Å². The van der Waals surface area contributed by atoms with Crippen LogP contribution in [0.15, 0.2) is 0 Å². The molecule has 0 bridgehead atoms. The monoisotopic (exact) mass is 215 g/mol. The number of aryl methyl sites for hydroxylation is 1. The van der Waals surface area contributed by atoms with Crippen molar-refractivity contribution >= 4 is 22.6 Å². The minimum Gasteiger partial charge on any atom is -0.481 e. The van der Waals surface area contributed by atoms with Gasteiger partial charge in [0.1, 0.15) is 5.82 Å². The summed E-state index contributed by atoms with van der Waals surface area (Å²) in [5.41, 5.74) is 0. The van der Waals surface area contributed by atoms with Crippen LogP contribution in [0.3, 0.4) is 0 Å². The molecule has 0 saturated carbocycles. The van der Waals surface area contributed by atoms with Gasteiger partial charge >= 0.3 is 5.97 Å². The molecule has 1 rings (SSSR count). The van der Waals surface area contributed by atoms with Gasteiger partial charge in [0.15, 0.2) is 0 Å². The first-order valence-electron chi connectivity index (χ1n) is 4.40. The molecule has 0 aliphatic heterocycles. The van der Waals surface area contributed by atoms with Crippen LogP contribution in [0.5, 0.6) is 0 Å². The number of aromatic nitrogens is 2. The van der Waals surface area contributed by atoms with Gasteiger partial charge in [-0.25, -0.2) is 4.98 Å². The largest absolute Gasteiger partial charge is 0.481 e. The predicted octanol–water partition coefficient (Wildman–Crippen LogP) is 1.51. The van der Waals surface area contributed by atoms with E-state index in [9.17, 15) is 4.79 Å². The zero-order valence-electron chi connectivity index (χ0n) is 8.15. The summed E-state index contributed by atoms with van der Waals surface area (Å²) in [6.45, 7) is 3.74. The lowest BCUT2D eigenvalue weighted by atomic mass is 10.1. The number of nitrogens with one attached hydrogen (secondary N) is 1. The first-order chi connectivity index (χ1) is 6.61. The molecule has 0 spiro atoms. The molecule has 0 aromatic carbocycles. The third-order valence-corrected chi connectivity index (χ3v) is 2.51. The van der Waals surface area contributed by atoms with Crippen molar-refractivity contribution < 1.29 is 9.90 Å². The second-order valence-electron chi connectivity index (χ2n) is 2.99. The molecule has 0 aliphatic rings. The van der Waals surface area contributed by atoms with Crippen molar-refractivity contribution in [2.75, 3.05) is 5.32 Å². The number of carboxylic acid groups (broad SMARTS) is 1. The van der Waals surface area contributed by atoms with Gasteiger partial charge in [-0.05, 0) is 13.3 Å². The first-order valence-corrected chi connectivity index (χ1v) is 5.17. The predicted molar refractivity (Wildman–Crippen MR) is 54.6 cm³/mol. The molecule has 0 radical (unpaired) electrons. The molecule has 5 nitrogen and oxygen atoms in total. The molecule has 1 aromatic heterocycles. The maximum atomic E-state index is 10.5. The number of nitrogens with zero attached hydrogens (tertiary/aromatic N) is 2.